The molecule has 0 spiro atoms. The molecule has 0 aliphatic rings. The van der Waals surface area contributed by atoms with Crippen molar-refractivity contribution < 1.29 is 14.8 Å². The van der Waals surface area contributed by atoms with Gasteiger partial charge in [-0.05, 0) is 4.92 Å². The molecule has 2 N–H and O–H groups in total. The number of H-pyrrole nitrogens is 1. The third-order valence-corrected chi connectivity index (χ3v) is 2.05. The zero-order valence-corrected chi connectivity index (χ0v) is 8.35. The molecule has 1 rings (SSSR count). The van der Waals surface area contributed by atoms with Gasteiger partial charge in [-0.15, -0.1) is 5.10 Å². The first kappa shape index (κ1) is 11.2. The van der Waals surface area contributed by atoms with Gasteiger partial charge in [-0.1, -0.05) is 18.9 Å². The summed E-state index contributed by atoms with van der Waals surface area (Å²) < 4.78 is 0. The van der Waals surface area contributed by atoms with E-state index in [1.807, 2.05) is 0 Å². The second kappa shape index (κ2) is 3.68. The van der Waals surface area contributed by atoms with Gasteiger partial charge in [0, 0.05) is 5.41 Å². The van der Waals surface area contributed by atoms with Crippen LogP contribution >= 0.6 is 0 Å². The third kappa shape index (κ3) is 2.52. The van der Waals surface area contributed by atoms with Crippen LogP contribution in [-0.4, -0.2) is 26.2 Å². The Morgan fingerprint density at radius 2 is 2.33 bits per heavy atom. The normalized spacial score (nSPS) is 11.3. The molecule has 15 heavy (non-hydrogen) atoms. The summed E-state index contributed by atoms with van der Waals surface area (Å²) in [6, 6.07) is 1.25. The largest absolute Gasteiger partial charge is 0.481 e. The lowest BCUT2D eigenvalue weighted by Crippen LogP contribution is -2.22. The van der Waals surface area contributed by atoms with E-state index in [1.54, 1.807) is 13.8 Å². The number of aliphatic carboxylic acids is 1. The summed E-state index contributed by atoms with van der Waals surface area (Å²) in [4.78, 5) is 20.3. The zero-order valence-electron chi connectivity index (χ0n) is 8.35. The van der Waals surface area contributed by atoms with Crippen LogP contribution in [-0.2, 0) is 10.2 Å². The smallest absolute Gasteiger partial charge is 0.342 e. The van der Waals surface area contributed by atoms with E-state index in [0.29, 0.717) is 5.69 Å². The lowest BCUT2D eigenvalue weighted by Gasteiger charge is -2.17. The van der Waals surface area contributed by atoms with E-state index in [-0.39, 0.29) is 12.2 Å². The van der Waals surface area contributed by atoms with Crippen molar-refractivity contribution in [3.8, 4) is 0 Å². The van der Waals surface area contributed by atoms with Gasteiger partial charge in [0.1, 0.15) is 0 Å². The number of aromatic nitrogens is 2. The highest BCUT2D eigenvalue weighted by Crippen LogP contribution is 2.27. The Kier molecular flexibility index (Phi) is 2.74. The molecule has 7 heteroatoms. The number of nitrogens with one attached hydrogen (secondary N) is 1. The SMILES string of the molecule is CC(C)(CC(=O)O)c1cc([N+](=O)[O-])[nH]n1. The summed E-state index contributed by atoms with van der Waals surface area (Å²) in [5.41, 5.74) is -0.354. The second-order valence-corrected chi connectivity index (χ2v) is 3.85. The molecule has 0 unspecified atom stereocenters. The van der Waals surface area contributed by atoms with Crippen molar-refractivity contribution in [3.63, 3.8) is 0 Å². The molecule has 1 heterocycles. The molecule has 0 amide bonds. The maximum Gasteiger partial charge on any atom is 0.342 e. The van der Waals surface area contributed by atoms with Crippen molar-refractivity contribution in [1.29, 1.82) is 0 Å². The number of carboxylic acid groups (broad SMARTS) is 1. The van der Waals surface area contributed by atoms with E-state index in [4.69, 9.17) is 5.11 Å². The molecule has 1 aromatic rings. The first-order chi connectivity index (χ1) is 6.83. The molecule has 0 aliphatic heterocycles. The Balaban J connectivity index is 2.94. The number of carbonyl (C=O) groups is 1. The maximum absolute atomic E-state index is 10.6. The number of nitro groups is 1. The quantitative estimate of drug-likeness (QED) is 0.574. The van der Waals surface area contributed by atoms with Crippen molar-refractivity contribution in [2.45, 2.75) is 25.7 Å². The van der Waals surface area contributed by atoms with Crippen molar-refractivity contribution in [1.82, 2.24) is 10.2 Å². The summed E-state index contributed by atoms with van der Waals surface area (Å²) in [6.07, 6.45) is -0.130. The standard InChI is InChI=1S/C8H11N3O4/c1-8(2,4-7(12)13)5-3-6(10-9-5)11(14)15/h3H,4H2,1-2H3,(H,9,10)(H,12,13). The Bertz CT molecular complexity index is 396. The topological polar surface area (TPSA) is 109 Å². The number of aromatic amines is 1. The summed E-state index contributed by atoms with van der Waals surface area (Å²) in [7, 11) is 0. The number of rotatable bonds is 4. The highest BCUT2D eigenvalue weighted by Gasteiger charge is 2.29. The van der Waals surface area contributed by atoms with Crippen LogP contribution in [0.2, 0.25) is 0 Å². The Morgan fingerprint density at radius 3 is 2.73 bits per heavy atom. The van der Waals surface area contributed by atoms with Crippen LogP contribution in [0.15, 0.2) is 6.07 Å². The fourth-order valence-electron chi connectivity index (χ4n) is 1.22. The minimum Gasteiger partial charge on any atom is -0.481 e. The van der Waals surface area contributed by atoms with Crippen LogP contribution in [0.4, 0.5) is 5.82 Å². The highest BCUT2D eigenvalue weighted by atomic mass is 16.6. The third-order valence-electron chi connectivity index (χ3n) is 2.05. The predicted octanol–water partition coefficient (Wildman–Crippen LogP) is 1.07. The molecule has 0 saturated heterocycles. The lowest BCUT2D eigenvalue weighted by molar-refractivity contribution is -0.389. The van der Waals surface area contributed by atoms with Crippen LogP contribution < -0.4 is 0 Å². The van der Waals surface area contributed by atoms with Crippen LogP contribution in [0, 0.1) is 10.1 Å². The van der Waals surface area contributed by atoms with Crippen molar-refractivity contribution >= 4 is 11.8 Å². The van der Waals surface area contributed by atoms with E-state index in [0.717, 1.165) is 0 Å². The molecule has 0 saturated carbocycles. The second-order valence-electron chi connectivity index (χ2n) is 3.85. The van der Waals surface area contributed by atoms with Gasteiger partial charge in [0.25, 0.3) is 0 Å². The van der Waals surface area contributed by atoms with E-state index < -0.39 is 16.3 Å². The Hall–Kier alpha value is -1.92. The van der Waals surface area contributed by atoms with Crippen molar-refractivity contribution in [2.75, 3.05) is 0 Å². The van der Waals surface area contributed by atoms with Gasteiger partial charge in [0.15, 0.2) is 0 Å². The average molecular weight is 213 g/mol. The van der Waals surface area contributed by atoms with Gasteiger partial charge in [0.05, 0.1) is 18.2 Å². The molecule has 0 bridgehead atoms. The molecule has 0 radical (unpaired) electrons. The lowest BCUT2D eigenvalue weighted by atomic mass is 9.86. The van der Waals surface area contributed by atoms with Gasteiger partial charge in [0.2, 0.25) is 0 Å². The number of hydrogen-bond donors (Lipinski definition) is 2. The van der Waals surface area contributed by atoms with Gasteiger partial charge in [-0.25, -0.2) is 0 Å². The van der Waals surface area contributed by atoms with Crippen LogP contribution in [0.5, 0.6) is 0 Å². The minimum absolute atomic E-state index is 0.130. The summed E-state index contributed by atoms with van der Waals surface area (Å²) in [6.45, 7) is 3.34. The number of carboxylic acids is 1. The summed E-state index contributed by atoms with van der Waals surface area (Å²) in [5.74, 6) is -1.20. The summed E-state index contributed by atoms with van der Waals surface area (Å²) >= 11 is 0. The van der Waals surface area contributed by atoms with Gasteiger partial charge in [-0.2, -0.15) is 0 Å². The molecular formula is C8H11N3O4. The fraction of sp³-hybridized carbons (Fsp3) is 0.500. The number of hydrogen-bond acceptors (Lipinski definition) is 4. The van der Waals surface area contributed by atoms with Gasteiger partial charge in [-0.3, -0.25) is 4.79 Å². The van der Waals surface area contributed by atoms with E-state index in [9.17, 15) is 14.9 Å². The monoisotopic (exact) mass is 213 g/mol. The van der Waals surface area contributed by atoms with Crippen LogP contribution in [0.1, 0.15) is 26.0 Å². The Labute approximate surface area is 85.3 Å². The fourth-order valence-corrected chi connectivity index (χ4v) is 1.22. The van der Waals surface area contributed by atoms with E-state index in [2.05, 4.69) is 10.2 Å². The molecule has 0 aromatic carbocycles. The molecule has 1 aromatic heterocycles. The molecule has 0 aliphatic carbocycles. The Morgan fingerprint density at radius 1 is 1.73 bits per heavy atom. The predicted molar refractivity (Wildman–Crippen MR) is 50.5 cm³/mol. The minimum atomic E-state index is -0.967. The zero-order chi connectivity index (χ0) is 11.6. The van der Waals surface area contributed by atoms with E-state index in [1.165, 1.54) is 6.07 Å². The molecular weight excluding hydrogens is 202 g/mol. The highest BCUT2D eigenvalue weighted by molar-refractivity contribution is 5.68. The van der Waals surface area contributed by atoms with E-state index >= 15 is 0 Å². The molecule has 0 atom stereocenters. The maximum atomic E-state index is 10.6. The number of nitrogens with zero attached hydrogens (tertiary/aromatic N) is 2. The average Bonchev–Trinajstić information content (AvgIpc) is 2.48. The summed E-state index contributed by atoms with van der Waals surface area (Å²) in [5, 5.41) is 25.0. The first-order valence-electron chi connectivity index (χ1n) is 4.25. The molecule has 0 fully saturated rings. The van der Waals surface area contributed by atoms with Crippen LogP contribution in [0.25, 0.3) is 0 Å². The molecule has 7 nitrogen and oxygen atoms in total. The van der Waals surface area contributed by atoms with Crippen LogP contribution in [0.3, 0.4) is 0 Å². The van der Waals surface area contributed by atoms with Gasteiger partial charge >= 0.3 is 11.8 Å². The molecule has 82 valence electrons. The first-order valence-corrected chi connectivity index (χ1v) is 4.25. The van der Waals surface area contributed by atoms with Crippen molar-refractivity contribution in [2.24, 2.45) is 0 Å². The van der Waals surface area contributed by atoms with Gasteiger partial charge < -0.3 is 15.2 Å². The van der Waals surface area contributed by atoms with Crippen molar-refractivity contribution in [3.05, 3.63) is 21.9 Å².